The Kier molecular flexibility index (Phi) is 6.49. The molecule has 0 unspecified atom stereocenters. The molecule has 0 bridgehead atoms. The Labute approximate surface area is 130 Å². The number of hydrogen-bond donors (Lipinski definition) is 2. The van der Waals surface area contributed by atoms with Gasteiger partial charge in [0.1, 0.15) is 4.90 Å². The number of rotatable bonds is 8. The van der Waals surface area contributed by atoms with Crippen LogP contribution in [0.1, 0.15) is 6.42 Å². The van der Waals surface area contributed by atoms with E-state index in [9.17, 15) is 8.42 Å². The monoisotopic (exact) mass is 333 g/mol. The zero-order chi connectivity index (χ0) is 15.1. The van der Waals surface area contributed by atoms with Gasteiger partial charge in [0.05, 0.1) is 6.20 Å². The van der Waals surface area contributed by atoms with E-state index in [0.717, 1.165) is 37.6 Å². The van der Waals surface area contributed by atoms with Crippen LogP contribution in [0.5, 0.6) is 0 Å². The maximum atomic E-state index is 12.1. The maximum Gasteiger partial charge on any atom is 0.243 e. The number of aryl methyl sites for hydroxylation is 1. The first-order valence-electron chi connectivity index (χ1n) is 7.14. The molecule has 1 aromatic heterocycles. The average molecular weight is 333 g/mol. The molecule has 0 spiro atoms. The van der Waals surface area contributed by atoms with Crippen molar-refractivity contribution in [2.45, 2.75) is 17.9 Å². The minimum Gasteiger partial charge on any atom is -0.330 e. The fraction of sp³-hybridized carbons (Fsp3) is 0.750. The van der Waals surface area contributed by atoms with Gasteiger partial charge in [-0.25, -0.2) is 13.1 Å². The van der Waals surface area contributed by atoms with Crippen molar-refractivity contribution < 1.29 is 8.42 Å². The van der Waals surface area contributed by atoms with Crippen LogP contribution in [0.25, 0.3) is 0 Å². The molecule has 0 aliphatic carbocycles. The quantitative estimate of drug-likeness (QED) is 0.670. The smallest absolute Gasteiger partial charge is 0.243 e. The molecule has 7 nitrogen and oxygen atoms in total. The van der Waals surface area contributed by atoms with E-state index in [-0.39, 0.29) is 4.90 Å². The lowest BCUT2D eigenvalue weighted by Crippen LogP contribution is -2.39. The van der Waals surface area contributed by atoms with Gasteiger partial charge in [-0.3, -0.25) is 4.68 Å². The lowest BCUT2D eigenvalue weighted by atomic mass is 10.4. The van der Waals surface area contributed by atoms with Gasteiger partial charge in [-0.05, 0) is 13.0 Å². The van der Waals surface area contributed by atoms with Crippen molar-refractivity contribution in [3.8, 4) is 0 Å². The maximum absolute atomic E-state index is 12.1. The van der Waals surface area contributed by atoms with Crippen LogP contribution in [0.2, 0.25) is 0 Å². The Balaban J connectivity index is 1.81. The zero-order valence-corrected chi connectivity index (χ0v) is 13.7. The number of hydrogen-bond acceptors (Lipinski definition) is 6. The van der Waals surface area contributed by atoms with E-state index < -0.39 is 10.0 Å². The summed E-state index contributed by atoms with van der Waals surface area (Å²) in [4.78, 5) is 2.50. The van der Waals surface area contributed by atoms with Crippen molar-refractivity contribution in [2.75, 3.05) is 44.2 Å². The van der Waals surface area contributed by atoms with Gasteiger partial charge in [0, 0.05) is 50.4 Å². The van der Waals surface area contributed by atoms with E-state index in [4.69, 9.17) is 5.73 Å². The Bertz CT molecular complexity index is 526. The Morgan fingerprint density at radius 3 is 2.81 bits per heavy atom. The first-order chi connectivity index (χ1) is 10.1. The number of nitrogens with zero attached hydrogens (tertiary/aromatic N) is 3. The second kappa shape index (κ2) is 8.14. The van der Waals surface area contributed by atoms with Crippen LogP contribution in [0.4, 0.5) is 0 Å². The van der Waals surface area contributed by atoms with Gasteiger partial charge in [0.25, 0.3) is 0 Å². The summed E-state index contributed by atoms with van der Waals surface area (Å²) in [6.07, 6.45) is 3.72. The van der Waals surface area contributed by atoms with Gasteiger partial charge in [-0.2, -0.15) is 16.9 Å². The molecule has 1 fully saturated rings. The van der Waals surface area contributed by atoms with E-state index in [2.05, 4.69) is 14.7 Å². The van der Waals surface area contributed by atoms with E-state index in [0.29, 0.717) is 19.6 Å². The van der Waals surface area contributed by atoms with Crippen molar-refractivity contribution in [1.29, 1.82) is 0 Å². The summed E-state index contributed by atoms with van der Waals surface area (Å²) in [5.41, 5.74) is 5.43. The number of thioether (sulfide) groups is 1. The molecule has 2 heterocycles. The van der Waals surface area contributed by atoms with E-state index >= 15 is 0 Å². The number of sulfonamides is 1. The van der Waals surface area contributed by atoms with Gasteiger partial charge >= 0.3 is 0 Å². The molecule has 0 amide bonds. The fourth-order valence-corrected chi connectivity index (χ4v) is 4.06. The minimum absolute atomic E-state index is 0.216. The van der Waals surface area contributed by atoms with E-state index in [1.165, 1.54) is 6.20 Å². The molecule has 9 heteroatoms. The lowest BCUT2D eigenvalue weighted by molar-refractivity contribution is 0.307. The second-order valence-corrected chi connectivity index (χ2v) is 7.92. The predicted octanol–water partition coefficient (Wildman–Crippen LogP) is -0.441. The SMILES string of the molecule is NCCCn1cc(S(=O)(=O)NCCN2CCSCC2)cn1. The Hall–Kier alpha value is -0.610. The highest BCUT2D eigenvalue weighted by atomic mass is 32.2. The summed E-state index contributed by atoms with van der Waals surface area (Å²) in [6, 6.07) is 0. The molecule has 120 valence electrons. The van der Waals surface area contributed by atoms with Crippen LogP contribution >= 0.6 is 11.8 Å². The third-order valence-electron chi connectivity index (χ3n) is 3.34. The topological polar surface area (TPSA) is 93.2 Å². The molecule has 1 aliphatic heterocycles. The summed E-state index contributed by atoms with van der Waals surface area (Å²) in [5, 5.41) is 4.05. The first-order valence-corrected chi connectivity index (χ1v) is 9.78. The van der Waals surface area contributed by atoms with Crippen molar-refractivity contribution in [2.24, 2.45) is 5.73 Å². The molecule has 0 saturated carbocycles. The third kappa shape index (κ3) is 5.26. The molecular formula is C12H23N5O2S2. The molecule has 1 aliphatic rings. The van der Waals surface area contributed by atoms with E-state index in [1.807, 2.05) is 11.8 Å². The molecule has 0 radical (unpaired) electrons. The molecule has 2 rings (SSSR count). The van der Waals surface area contributed by atoms with Crippen molar-refractivity contribution in [1.82, 2.24) is 19.4 Å². The molecule has 21 heavy (non-hydrogen) atoms. The van der Waals surface area contributed by atoms with Gasteiger partial charge in [0.15, 0.2) is 0 Å². The van der Waals surface area contributed by atoms with Gasteiger partial charge < -0.3 is 10.6 Å². The third-order valence-corrected chi connectivity index (χ3v) is 5.69. The predicted molar refractivity (Wildman–Crippen MR) is 84.9 cm³/mol. The Morgan fingerprint density at radius 2 is 2.10 bits per heavy atom. The zero-order valence-electron chi connectivity index (χ0n) is 12.1. The van der Waals surface area contributed by atoms with Crippen LogP contribution in [0.15, 0.2) is 17.3 Å². The normalized spacial score (nSPS) is 17.2. The summed E-state index contributed by atoms with van der Waals surface area (Å²) < 4.78 is 28.6. The van der Waals surface area contributed by atoms with Gasteiger partial charge in [-0.1, -0.05) is 0 Å². The van der Waals surface area contributed by atoms with Crippen molar-refractivity contribution in [3.63, 3.8) is 0 Å². The average Bonchev–Trinajstić information content (AvgIpc) is 2.96. The highest BCUT2D eigenvalue weighted by Crippen LogP contribution is 2.09. The molecule has 0 atom stereocenters. The van der Waals surface area contributed by atoms with Crippen molar-refractivity contribution in [3.05, 3.63) is 12.4 Å². The number of nitrogens with one attached hydrogen (secondary N) is 1. The summed E-state index contributed by atoms with van der Waals surface area (Å²) in [6.45, 7) is 4.45. The minimum atomic E-state index is -3.46. The number of aromatic nitrogens is 2. The molecule has 3 N–H and O–H groups in total. The summed E-state index contributed by atoms with van der Waals surface area (Å²) in [5.74, 6) is 2.25. The van der Waals surface area contributed by atoms with Crippen LogP contribution in [0.3, 0.4) is 0 Å². The Morgan fingerprint density at radius 1 is 1.33 bits per heavy atom. The summed E-state index contributed by atoms with van der Waals surface area (Å²) >= 11 is 1.94. The lowest BCUT2D eigenvalue weighted by Gasteiger charge is -2.25. The van der Waals surface area contributed by atoms with Crippen LogP contribution in [0, 0.1) is 0 Å². The van der Waals surface area contributed by atoms with Crippen LogP contribution < -0.4 is 10.5 Å². The van der Waals surface area contributed by atoms with Gasteiger partial charge in [0.2, 0.25) is 10.0 Å². The first kappa shape index (κ1) is 16.8. The van der Waals surface area contributed by atoms with Crippen molar-refractivity contribution >= 4 is 21.8 Å². The van der Waals surface area contributed by atoms with Gasteiger partial charge in [-0.15, -0.1) is 0 Å². The van der Waals surface area contributed by atoms with Crippen LogP contribution in [-0.2, 0) is 16.6 Å². The van der Waals surface area contributed by atoms with Crippen LogP contribution in [-0.4, -0.2) is 67.3 Å². The highest BCUT2D eigenvalue weighted by molar-refractivity contribution is 7.99. The highest BCUT2D eigenvalue weighted by Gasteiger charge is 2.17. The molecule has 1 saturated heterocycles. The largest absolute Gasteiger partial charge is 0.330 e. The van der Waals surface area contributed by atoms with E-state index in [1.54, 1.807) is 10.9 Å². The summed E-state index contributed by atoms with van der Waals surface area (Å²) in [7, 11) is -3.46. The standard InChI is InChI=1S/C12H23N5O2S2/c13-2-1-4-17-11-12(10-14-17)21(18,19)15-3-5-16-6-8-20-9-7-16/h10-11,15H,1-9,13H2. The molecule has 1 aromatic rings. The molecule has 0 aromatic carbocycles. The second-order valence-electron chi connectivity index (χ2n) is 4.93. The fourth-order valence-electron chi connectivity index (χ4n) is 2.11. The number of nitrogens with two attached hydrogens (primary N) is 1. The molecular weight excluding hydrogens is 310 g/mol.